The van der Waals surface area contributed by atoms with E-state index in [2.05, 4.69) is 72.1 Å². The summed E-state index contributed by atoms with van der Waals surface area (Å²) in [6, 6.07) is 16.9. The topological polar surface area (TPSA) is 9.23 Å². The van der Waals surface area contributed by atoms with Crippen LogP contribution in [0.4, 0.5) is 0 Å². The molecule has 2 unspecified atom stereocenters. The molecule has 2 saturated heterocycles. The molecule has 5 heteroatoms. The van der Waals surface area contributed by atoms with Gasteiger partial charge in [-0.3, -0.25) is 0 Å². The van der Waals surface area contributed by atoms with Crippen LogP contribution in [0.25, 0.3) is 0 Å². The van der Waals surface area contributed by atoms with Crippen molar-refractivity contribution in [2.45, 2.75) is 20.3 Å². The lowest BCUT2D eigenvalue weighted by atomic mass is 10.3. The summed E-state index contributed by atoms with van der Waals surface area (Å²) in [5, 5.41) is 1.76. The molecule has 0 saturated carbocycles. The first-order chi connectivity index (χ1) is 11.3. The van der Waals surface area contributed by atoms with Crippen molar-refractivity contribution in [1.29, 1.82) is 0 Å². The average Bonchev–Trinajstić information content (AvgIpc) is 3.48. The van der Waals surface area contributed by atoms with Crippen molar-refractivity contribution in [3.63, 3.8) is 0 Å². The van der Waals surface area contributed by atoms with Gasteiger partial charge in [-0.1, -0.05) is 0 Å². The lowest BCUT2D eigenvalue weighted by molar-refractivity contribution is 0.482. The van der Waals surface area contributed by atoms with E-state index >= 15 is 0 Å². The zero-order valence-electron chi connectivity index (χ0n) is 12.6. The first-order valence-electron chi connectivity index (χ1n) is 7.72. The molecule has 0 bridgehead atoms. The highest BCUT2D eigenvalue weighted by Gasteiger charge is 2.22. The van der Waals surface area contributed by atoms with E-state index in [-0.39, 0.29) is 0 Å². The maximum atomic E-state index is 5.94. The van der Waals surface area contributed by atoms with E-state index in [1.807, 2.05) is 23.5 Å². The Bertz CT molecular complexity index is 576. The van der Waals surface area contributed by atoms with Crippen LogP contribution in [0.5, 0.6) is 11.5 Å². The van der Waals surface area contributed by atoms with Crippen molar-refractivity contribution < 1.29 is 4.74 Å². The van der Waals surface area contributed by atoms with Crippen molar-refractivity contribution in [3.05, 3.63) is 48.5 Å². The molecule has 0 aliphatic carbocycles. The molecule has 0 radical (unpaired) electrons. The molecular formula is C18H18OS4. The molecule has 23 heavy (non-hydrogen) atoms. The molecule has 2 atom stereocenters. The lowest BCUT2D eigenvalue weighted by Crippen LogP contribution is -1.88. The molecule has 0 amide bonds. The second-order valence-electron chi connectivity index (χ2n) is 5.58. The normalized spacial score (nSPS) is 21.9. The van der Waals surface area contributed by atoms with E-state index in [9.17, 15) is 0 Å². The summed E-state index contributed by atoms with van der Waals surface area (Å²) in [7, 11) is 0. The second-order valence-corrected chi connectivity index (χ2v) is 10.4. The molecule has 0 N–H and O–H groups in total. The van der Waals surface area contributed by atoms with Crippen LogP contribution in [-0.2, 0) is 0 Å². The maximum Gasteiger partial charge on any atom is 0.127 e. The van der Waals surface area contributed by atoms with Gasteiger partial charge < -0.3 is 4.74 Å². The van der Waals surface area contributed by atoms with E-state index in [1.54, 1.807) is 0 Å². The van der Waals surface area contributed by atoms with Crippen LogP contribution in [0.1, 0.15) is 0 Å². The van der Waals surface area contributed by atoms with Gasteiger partial charge in [0.25, 0.3) is 0 Å². The fraction of sp³-hybridized carbons (Fsp3) is 0.333. The minimum absolute atomic E-state index is 0.880. The number of rotatable bonds is 8. The van der Waals surface area contributed by atoms with Crippen LogP contribution < -0.4 is 4.74 Å². The second kappa shape index (κ2) is 7.68. The molecule has 4 rings (SSSR count). The van der Waals surface area contributed by atoms with Crippen LogP contribution >= 0.6 is 47.0 Å². The fourth-order valence-electron chi connectivity index (χ4n) is 2.05. The van der Waals surface area contributed by atoms with Crippen molar-refractivity contribution >= 4 is 47.0 Å². The summed E-state index contributed by atoms with van der Waals surface area (Å²) in [5.74, 6) is 6.94. The molecular weight excluding hydrogens is 360 g/mol. The molecule has 0 aromatic heterocycles. The maximum absolute atomic E-state index is 5.94. The number of ether oxygens (including phenoxy) is 1. The number of hydrogen-bond acceptors (Lipinski definition) is 5. The summed E-state index contributed by atoms with van der Waals surface area (Å²) in [4.78, 5) is 2.66. The Labute approximate surface area is 154 Å². The average molecular weight is 379 g/mol. The zero-order chi connectivity index (χ0) is 15.5. The van der Waals surface area contributed by atoms with Gasteiger partial charge in [-0.25, -0.2) is 0 Å². The summed E-state index contributed by atoms with van der Waals surface area (Å²) in [6.45, 7) is 0. The first-order valence-corrected chi connectivity index (χ1v) is 11.8. The Morgan fingerprint density at radius 1 is 0.739 bits per heavy atom. The molecule has 2 aromatic carbocycles. The van der Waals surface area contributed by atoms with Crippen LogP contribution in [0, 0.1) is 0 Å². The molecule has 1 nitrogen and oxygen atoms in total. The largest absolute Gasteiger partial charge is 0.457 e. The number of hydrogen-bond donors (Lipinski definition) is 0. The Hall–Kier alpha value is -0.360. The van der Waals surface area contributed by atoms with Crippen LogP contribution in [0.2, 0.25) is 0 Å². The molecule has 2 aromatic rings. The Kier molecular flexibility index (Phi) is 5.39. The van der Waals surface area contributed by atoms with Gasteiger partial charge in [-0.2, -0.15) is 23.5 Å². The van der Waals surface area contributed by atoms with Crippen molar-refractivity contribution in [1.82, 2.24) is 0 Å². The Morgan fingerprint density at radius 2 is 1.13 bits per heavy atom. The predicted octanol–water partition coefficient (Wildman–Crippen LogP) is 5.89. The zero-order valence-corrected chi connectivity index (χ0v) is 15.9. The predicted molar refractivity (Wildman–Crippen MR) is 107 cm³/mol. The van der Waals surface area contributed by atoms with E-state index in [0.29, 0.717) is 0 Å². The van der Waals surface area contributed by atoms with Gasteiger partial charge >= 0.3 is 0 Å². The molecule has 2 aliphatic heterocycles. The SMILES string of the molecule is c1cc(SCC2CS2)ccc1Oc1ccc(SCC2CS2)cc1. The lowest BCUT2D eigenvalue weighted by Gasteiger charge is -2.07. The monoisotopic (exact) mass is 378 g/mol. The molecule has 0 spiro atoms. The van der Waals surface area contributed by atoms with Gasteiger partial charge in [0.1, 0.15) is 11.5 Å². The molecule has 2 heterocycles. The van der Waals surface area contributed by atoms with Gasteiger partial charge in [0.2, 0.25) is 0 Å². The molecule has 2 aliphatic rings. The smallest absolute Gasteiger partial charge is 0.127 e. The first kappa shape index (κ1) is 16.1. The van der Waals surface area contributed by atoms with Crippen LogP contribution in [0.3, 0.4) is 0 Å². The van der Waals surface area contributed by atoms with Crippen molar-refractivity contribution in [3.8, 4) is 11.5 Å². The fourth-order valence-corrected chi connectivity index (χ4v) is 5.68. The highest BCUT2D eigenvalue weighted by Crippen LogP contribution is 2.37. The van der Waals surface area contributed by atoms with E-state index in [4.69, 9.17) is 4.74 Å². The van der Waals surface area contributed by atoms with E-state index in [0.717, 1.165) is 22.0 Å². The molecule has 120 valence electrons. The summed E-state index contributed by atoms with van der Waals surface area (Å²) in [6.07, 6.45) is 0. The quantitative estimate of drug-likeness (QED) is 0.417. The minimum atomic E-state index is 0.880. The van der Waals surface area contributed by atoms with Crippen molar-refractivity contribution in [2.75, 3.05) is 23.0 Å². The third kappa shape index (κ3) is 5.31. The van der Waals surface area contributed by atoms with Gasteiger partial charge in [-0.15, -0.1) is 23.5 Å². The Balaban J connectivity index is 1.29. The van der Waals surface area contributed by atoms with Crippen molar-refractivity contribution in [2.24, 2.45) is 0 Å². The summed E-state index contributed by atoms with van der Waals surface area (Å²) < 4.78 is 5.94. The highest BCUT2D eigenvalue weighted by atomic mass is 32.2. The highest BCUT2D eigenvalue weighted by molar-refractivity contribution is 8.09. The van der Waals surface area contributed by atoms with Gasteiger partial charge in [0.15, 0.2) is 0 Å². The summed E-state index contributed by atoms with van der Waals surface area (Å²) >= 11 is 7.99. The van der Waals surface area contributed by atoms with E-state index in [1.165, 1.54) is 32.8 Å². The third-order valence-corrected chi connectivity index (χ3v) is 8.27. The van der Waals surface area contributed by atoms with Crippen LogP contribution in [-0.4, -0.2) is 33.5 Å². The van der Waals surface area contributed by atoms with Gasteiger partial charge in [-0.05, 0) is 48.5 Å². The summed E-state index contributed by atoms with van der Waals surface area (Å²) in [5.41, 5.74) is 0. The van der Waals surface area contributed by atoms with Gasteiger partial charge in [0, 0.05) is 43.3 Å². The third-order valence-electron chi connectivity index (χ3n) is 3.56. The standard InChI is InChI=1S/C18H18OS4/c1-5-15(20-9-17-11-22-17)6-2-13(1)19-14-3-7-16(8-4-14)21-10-18-12-23-18/h1-8,17-18H,9-12H2. The van der Waals surface area contributed by atoms with Gasteiger partial charge in [0.05, 0.1) is 0 Å². The Morgan fingerprint density at radius 3 is 1.48 bits per heavy atom. The molecule has 2 fully saturated rings. The number of thioether (sulfide) groups is 4. The van der Waals surface area contributed by atoms with E-state index < -0.39 is 0 Å². The number of benzene rings is 2. The van der Waals surface area contributed by atoms with Crippen LogP contribution in [0.15, 0.2) is 58.3 Å². The minimum Gasteiger partial charge on any atom is -0.457 e.